The molecule has 0 bridgehead atoms. The van der Waals surface area contributed by atoms with Crippen molar-refractivity contribution < 1.29 is 9.63 Å². The van der Waals surface area contributed by atoms with Crippen molar-refractivity contribution in [3.8, 4) is 17.2 Å². The van der Waals surface area contributed by atoms with Crippen LogP contribution in [0.25, 0.3) is 11.5 Å². The summed E-state index contributed by atoms with van der Waals surface area (Å²) in [6.45, 7) is 0. The normalized spacial score (nSPS) is 10.7. The fourth-order valence-corrected chi connectivity index (χ4v) is 1.98. The van der Waals surface area contributed by atoms with Crippen LogP contribution in [0.5, 0.6) is 5.75 Å². The molecule has 0 aliphatic heterocycles. The van der Waals surface area contributed by atoms with Crippen LogP contribution in [0, 0.1) is 0 Å². The predicted molar refractivity (Wildman–Crippen MR) is 73.5 cm³/mol. The summed E-state index contributed by atoms with van der Waals surface area (Å²) in [5, 5.41) is 13.8. The SMILES string of the molecule is Oc1ccc(Cl)c(-c2nc(Cc3ccccn3)no2)c1. The van der Waals surface area contributed by atoms with Crippen molar-refractivity contribution in [1.82, 2.24) is 15.1 Å². The van der Waals surface area contributed by atoms with Gasteiger partial charge < -0.3 is 9.63 Å². The molecule has 20 heavy (non-hydrogen) atoms. The molecule has 0 atom stereocenters. The molecule has 0 fully saturated rings. The van der Waals surface area contributed by atoms with E-state index in [9.17, 15) is 5.11 Å². The first-order valence-electron chi connectivity index (χ1n) is 5.94. The molecule has 0 amide bonds. The van der Waals surface area contributed by atoms with Gasteiger partial charge in [0.15, 0.2) is 5.82 Å². The van der Waals surface area contributed by atoms with Crippen molar-refractivity contribution in [2.24, 2.45) is 0 Å². The Morgan fingerprint density at radius 1 is 1.20 bits per heavy atom. The lowest BCUT2D eigenvalue weighted by atomic mass is 10.2. The van der Waals surface area contributed by atoms with Crippen LogP contribution in [-0.4, -0.2) is 20.2 Å². The zero-order valence-corrected chi connectivity index (χ0v) is 11.1. The van der Waals surface area contributed by atoms with E-state index < -0.39 is 0 Å². The van der Waals surface area contributed by atoms with Crippen LogP contribution >= 0.6 is 11.6 Å². The zero-order valence-electron chi connectivity index (χ0n) is 10.3. The van der Waals surface area contributed by atoms with E-state index in [0.29, 0.717) is 22.8 Å². The molecule has 0 unspecified atom stereocenters. The molecule has 1 aromatic carbocycles. The summed E-state index contributed by atoms with van der Waals surface area (Å²) in [4.78, 5) is 8.46. The van der Waals surface area contributed by atoms with Gasteiger partial charge >= 0.3 is 0 Å². The zero-order chi connectivity index (χ0) is 13.9. The van der Waals surface area contributed by atoms with Gasteiger partial charge in [0.25, 0.3) is 5.89 Å². The van der Waals surface area contributed by atoms with Crippen LogP contribution in [0.2, 0.25) is 5.02 Å². The molecule has 0 aliphatic carbocycles. The number of hydrogen-bond acceptors (Lipinski definition) is 5. The first kappa shape index (κ1) is 12.6. The number of nitrogens with zero attached hydrogens (tertiary/aromatic N) is 3. The number of rotatable bonds is 3. The average Bonchev–Trinajstić information content (AvgIpc) is 2.91. The second-order valence-electron chi connectivity index (χ2n) is 4.18. The van der Waals surface area contributed by atoms with Crippen LogP contribution < -0.4 is 0 Å². The van der Waals surface area contributed by atoms with Crippen molar-refractivity contribution in [2.75, 3.05) is 0 Å². The van der Waals surface area contributed by atoms with E-state index in [4.69, 9.17) is 16.1 Å². The third-order valence-electron chi connectivity index (χ3n) is 2.71. The van der Waals surface area contributed by atoms with Gasteiger partial charge in [-0.2, -0.15) is 4.98 Å². The summed E-state index contributed by atoms with van der Waals surface area (Å²) in [5.41, 5.74) is 1.35. The number of aromatic hydroxyl groups is 1. The minimum absolute atomic E-state index is 0.0916. The van der Waals surface area contributed by atoms with Crippen molar-refractivity contribution in [2.45, 2.75) is 6.42 Å². The summed E-state index contributed by atoms with van der Waals surface area (Å²) in [6, 6.07) is 10.2. The second-order valence-corrected chi connectivity index (χ2v) is 4.58. The number of phenols is 1. The number of aromatic nitrogens is 3. The van der Waals surface area contributed by atoms with Gasteiger partial charge in [0.2, 0.25) is 0 Å². The van der Waals surface area contributed by atoms with Gasteiger partial charge in [0.1, 0.15) is 5.75 Å². The lowest BCUT2D eigenvalue weighted by molar-refractivity contribution is 0.423. The maximum Gasteiger partial charge on any atom is 0.259 e. The van der Waals surface area contributed by atoms with E-state index in [1.165, 1.54) is 12.1 Å². The topological polar surface area (TPSA) is 72.0 Å². The average molecular weight is 288 g/mol. The second kappa shape index (κ2) is 5.30. The molecule has 6 heteroatoms. The molecule has 100 valence electrons. The monoisotopic (exact) mass is 287 g/mol. The van der Waals surface area contributed by atoms with E-state index in [1.807, 2.05) is 18.2 Å². The van der Waals surface area contributed by atoms with Crippen LogP contribution in [0.4, 0.5) is 0 Å². The van der Waals surface area contributed by atoms with Crippen molar-refractivity contribution in [3.05, 3.63) is 59.1 Å². The Bertz CT molecular complexity index is 728. The molecule has 5 nitrogen and oxygen atoms in total. The summed E-state index contributed by atoms with van der Waals surface area (Å²) < 4.78 is 5.17. The molecule has 2 aromatic heterocycles. The Balaban J connectivity index is 1.88. The Hall–Kier alpha value is -2.40. The highest BCUT2D eigenvalue weighted by molar-refractivity contribution is 6.33. The Labute approximate surface area is 119 Å². The number of benzene rings is 1. The minimum Gasteiger partial charge on any atom is -0.508 e. The molecule has 2 heterocycles. The first-order valence-corrected chi connectivity index (χ1v) is 6.31. The number of halogens is 1. The molecule has 3 aromatic rings. The molecular formula is C14H10ClN3O2. The van der Waals surface area contributed by atoms with Gasteiger partial charge in [-0.25, -0.2) is 0 Å². The Morgan fingerprint density at radius 3 is 2.90 bits per heavy atom. The van der Waals surface area contributed by atoms with Gasteiger partial charge in [-0.1, -0.05) is 22.8 Å². The lowest BCUT2D eigenvalue weighted by Gasteiger charge is -1.98. The van der Waals surface area contributed by atoms with Gasteiger partial charge in [-0.15, -0.1) is 0 Å². The van der Waals surface area contributed by atoms with Gasteiger partial charge in [-0.3, -0.25) is 4.98 Å². The van der Waals surface area contributed by atoms with Crippen molar-refractivity contribution in [3.63, 3.8) is 0 Å². The first-order chi connectivity index (χ1) is 9.72. The predicted octanol–water partition coefficient (Wildman–Crippen LogP) is 3.08. The molecule has 3 rings (SSSR count). The van der Waals surface area contributed by atoms with Gasteiger partial charge in [0.05, 0.1) is 17.0 Å². The van der Waals surface area contributed by atoms with Crippen LogP contribution in [0.3, 0.4) is 0 Å². The summed E-state index contributed by atoms with van der Waals surface area (Å²) in [5.74, 6) is 0.879. The fraction of sp³-hybridized carbons (Fsp3) is 0.0714. The van der Waals surface area contributed by atoms with E-state index in [2.05, 4.69) is 15.1 Å². The van der Waals surface area contributed by atoms with Gasteiger partial charge in [0, 0.05) is 11.9 Å². The van der Waals surface area contributed by atoms with E-state index in [-0.39, 0.29) is 11.6 Å². The van der Waals surface area contributed by atoms with E-state index in [1.54, 1.807) is 12.3 Å². The molecule has 0 saturated heterocycles. The number of pyridine rings is 1. The Kier molecular flexibility index (Phi) is 3.35. The molecular weight excluding hydrogens is 278 g/mol. The highest BCUT2D eigenvalue weighted by atomic mass is 35.5. The van der Waals surface area contributed by atoms with Crippen molar-refractivity contribution in [1.29, 1.82) is 0 Å². The molecule has 1 N–H and O–H groups in total. The number of phenolic OH excluding ortho intramolecular Hbond substituents is 1. The molecule has 0 spiro atoms. The Morgan fingerprint density at radius 2 is 2.10 bits per heavy atom. The minimum atomic E-state index is 0.0916. The largest absolute Gasteiger partial charge is 0.508 e. The number of hydrogen-bond donors (Lipinski definition) is 1. The van der Waals surface area contributed by atoms with Crippen LogP contribution in [0.15, 0.2) is 47.1 Å². The summed E-state index contributed by atoms with van der Waals surface area (Å²) in [6.07, 6.45) is 2.18. The standard InChI is InChI=1S/C14H10ClN3O2/c15-12-5-4-10(19)8-11(12)14-17-13(18-20-14)7-9-3-1-2-6-16-9/h1-6,8,19H,7H2. The lowest BCUT2D eigenvalue weighted by Crippen LogP contribution is -1.93. The quantitative estimate of drug-likeness (QED) is 0.801. The fourth-order valence-electron chi connectivity index (χ4n) is 1.78. The summed E-state index contributed by atoms with van der Waals surface area (Å²) >= 11 is 6.05. The van der Waals surface area contributed by atoms with Crippen LogP contribution in [0.1, 0.15) is 11.5 Å². The van der Waals surface area contributed by atoms with Crippen LogP contribution in [-0.2, 0) is 6.42 Å². The van der Waals surface area contributed by atoms with Crippen molar-refractivity contribution >= 4 is 11.6 Å². The van der Waals surface area contributed by atoms with E-state index in [0.717, 1.165) is 5.69 Å². The smallest absolute Gasteiger partial charge is 0.259 e. The third kappa shape index (κ3) is 2.62. The highest BCUT2D eigenvalue weighted by Gasteiger charge is 2.13. The maximum atomic E-state index is 9.48. The third-order valence-corrected chi connectivity index (χ3v) is 3.04. The molecule has 0 aliphatic rings. The highest BCUT2D eigenvalue weighted by Crippen LogP contribution is 2.29. The maximum absolute atomic E-state index is 9.48. The van der Waals surface area contributed by atoms with E-state index >= 15 is 0 Å². The molecule has 0 radical (unpaired) electrons. The molecule has 0 saturated carbocycles. The van der Waals surface area contributed by atoms with Gasteiger partial charge in [-0.05, 0) is 30.3 Å². The summed E-state index contributed by atoms with van der Waals surface area (Å²) in [7, 11) is 0.